The van der Waals surface area contributed by atoms with E-state index in [1.807, 2.05) is 0 Å². The molecule has 0 amide bonds. The molecule has 0 aliphatic rings. The summed E-state index contributed by atoms with van der Waals surface area (Å²) in [5, 5.41) is 17.6. The van der Waals surface area contributed by atoms with Gasteiger partial charge in [0.2, 0.25) is 10.0 Å². The summed E-state index contributed by atoms with van der Waals surface area (Å²) >= 11 is 0. The highest BCUT2D eigenvalue weighted by molar-refractivity contribution is 7.89. The van der Waals surface area contributed by atoms with Gasteiger partial charge in [-0.25, -0.2) is 13.6 Å². The van der Waals surface area contributed by atoms with Gasteiger partial charge in [0.05, 0.1) is 10.5 Å². The minimum absolute atomic E-state index is 0.0309. The number of carbonyl (C=O) groups is 1. The maximum absolute atomic E-state index is 11.9. The summed E-state index contributed by atoms with van der Waals surface area (Å²) in [6.45, 7) is 0.363. The summed E-state index contributed by atoms with van der Waals surface area (Å²) in [6, 6.07) is 12.3. The van der Waals surface area contributed by atoms with Crippen LogP contribution < -0.4 is 10.5 Å². The Morgan fingerprint density at radius 1 is 1.09 bits per heavy atom. The van der Waals surface area contributed by atoms with E-state index in [0.29, 0.717) is 12.2 Å². The van der Waals surface area contributed by atoms with Crippen molar-refractivity contribution in [2.24, 2.45) is 5.14 Å². The number of para-hydroxylation sites is 1. The number of ketones is 1. The van der Waals surface area contributed by atoms with Gasteiger partial charge in [-0.1, -0.05) is 12.1 Å². The quantitative estimate of drug-likeness (QED) is 0.702. The highest BCUT2D eigenvalue weighted by Gasteiger charge is 2.10. The molecule has 0 unspecified atom stereocenters. The van der Waals surface area contributed by atoms with Gasteiger partial charge in [-0.15, -0.1) is 0 Å². The van der Waals surface area contributed by atoms with Crippen molar-refractivity contribution in [2.75, 3.05) is 11.9 Å². The first-order valence-electron chi connectivity index (χ1n) is 6.56. The Bertz CT molecular complexity index is 770. The highest BCUT2D eigenvalue weighted by atomic mass is 32.2. The summed E-state index contributed by atoms with van der Waals surface area (Å²) in [6.07, 6.45) is 0.203. The molecule has 0 radical (unpaired) electrons. The van der Waals surface area contributed by atoms with Gasteiger partial charge >= 0.3 is 0 Å². The lowest BCUT2D eigenvalue weighted by molar-refractivity contribution is 0.0984. The van der Waals surface area contributed by atoms with E-state index in [9.17, 15) is 18.3 Å². The number of hydrogen-bond acceptors (Lipinski definition) is 5. The molecule has 116 valence electrons. The zero-order valence-electron chi connectivity index (χ0n) is 11.7. The average molecular weight is 320 g/mol. The van der Waals surface area contributed by atoms with Crippen molar-refractivity contribution in [3.63, 3.8) is 0 Å². The molecule has 2 aromatic carbocycles. The Kier molecular flexibility index (Phi) is 4.79. The fraction of sp³-hybridized carbons (Fsp3) is 0.133. The first-order valence-corrected chi connectivity index (χ1v) is 8.10. The van der Waals surface area contributed by atoms with Gasteiger partial charge in [0.1, 0.15) is 5.75 Å². The van der Waals surface area contributed by atoms with E-state index in [-0.39, 0.29) is 28.4 Å². The van der Waals surface area contributed by atoms with Crippen molar-refractivity contribution in [3.8, 4) is 5.75 Å². The van der Waals surface area contributed by atoms with Crippen molar-refractivity contribution in [1.82, 2.24) is 0 Å². The lowest BCUT2D eigenvalue weighted by Crippen LogP contribution is -2.12. The van der Waals surface area contributed by atoms with Crippen molar-refractivity contribution in [3.05, 3.63) is 54.1 Å². The van der Waals surface area contributed by atoms with Gasteiger partial charge in [-0.3, -0.25) is 4.79 Å². The van der Waals surface area contributed by atoms with Gasteiger partial charge in [-0.2, -0.15) is 0 Å². The number of hydrogen-bond donors (Lipinski definition) is 3. The zero-order valence-corrected chi connectivity index (χ0v) is 12.5. The number of Topliss-reactive ketones (excluding diaryl/α,β-unsaturated/α-hetero) is 1. The molecule has 0 fully saturated rings. The predicted molar refractivity (Wildman–Crippen MR) is 83.4 cm³/mol. The fourth-order valence-electron chi connectivity index (χ4n) is 1.93. The summed E-state index contributed by atoms with van der Waals surface area (Å²) < 4.78 is 22.3. The third kappa shape index (κ3) is 4.06. The third-order valence-electron chi connectivity index (χ3n) is 3.07. The Morgan fingerprint density at radius 2 is 1.73 bits per heavy atom. The summed E-state index contributed by atoms with van der Waals surface area (Å²) in [5.74, 6) is -0.211. The van der Waals surface area contributed by atoms with E-state index in [2.05, 4.69) is 5.32 Å². The minimum Gasteiger partial charge on any atom is -0.507 e. The average Bonchev–Trinajstić information content (AvgIpc) is 2.47. The number of nitrogens with one attached hydrogen (secondary N) is 1. The number of rotatable bonds is 6. The van der Waals surface area contributed by atoms with Crippen molar-refractivity contribution in [1.29, 1.82) is 0 Å². The highest BCUT2D eigenvalue weighted by Crippen LogP contribution is 2.18. The second-order valence-electron chi connectivity index (χ2n) is 4.69. The molecule has 0 aliphatic heterocycles. The first kappa shape index (κ1) is 16.0. The molecule has 0 heterocycles. The molecular formula is C15H16N2O4S. The van der Waals surface area contributed by atoms with Crippen LogP contribution in [0, 0.1) is 0 Å². The number of primary sulfonamides is 1. The molecule has 0 saturated carbocycles. The lowest BCUT2D eigenvalue weighted by Gasteiger charge is -2.07. The summed E-state index contributed by atoms with van der Waals surface area (Å²) in [7, 11) is -3.70. The van der Waals surface area contributed by atoms with Crippen LogP contribution >= 0.6 is 0 Å². The van der Waals surface area contributed by atoms with E-state index in [0.717, 1.165) is 0 Å². The Hall–Kier alpha value is -2.38. The molecule has 7 heteroatoms. The molecule has 0 aliphatic carbocycles. The smallest absolute Gasteiger partial charge is 0.238 e. The Labute approximate surface area is 128 Å². The van der Waals surface area contributed by atoms with Crippen LogP contribution in [0.1, 0.15) is 16.8 Å². The molecule has 2 rings (SSSR count). The molecule has 0 spiro atoms. The maximum Gasteiger partial charge on any atom is 0.238 e. The molecular weight excluding hydrogens is 304 g/mol. The molecule has 0 bridgehead atoms. The van der Waals surface area contributed by atoms with Crippen molar-refractivity contribution >= 4 is 21.5 Å². The normalized spacial score (nSPS) is 11.1. The molecule has 2 aromatic rings. The third-order valence-corrected chi connectivity index (χ3v) is 4.00. The number of aromatic hydroxyl groups is 1. The van der Waals surface area contributed by atoms with Crippen LogP contribution in [0.15, 0.2) is 53.4 Å². The number of carbonyl (C=O) groups excluding carboxylic acids is 1. The molecule has 6 nitrogen and oxygen atoms in total. The van der Waals surface area contributed by atoms with Gasteiger partial charge in [-0.05, 0) is 36.4 Å². The van der Waals surface area contributed by atoms with Crippen molar-refractivity contribution in [2.45, 2.75) is 11.3 Å². The van der Waals surface area contributed by atoms with Crippen LogP contribution in [0.3, 0.4) is 0 Å². The summed E-state index contributed by atoms with van der Waals surface area (Å²) in [5.41, 5.74) is 0.964. The van der Waals surface area contributed by atoms with Crippen molar-refractivity contribution < 1.29 is 18.3 Å². The fourth-order valence-corrected chi connectivity index (χ4v) is 2.44. The van der Waals surface area contributed by atoms with Gasteiger partial charge in [0.25, 0.3) is 0 Å². The molecule has 4 N–H and O–H groups in total. The minimum atomic E-state index is -3.70. The molecule has 0 atom stereocenters. The lowest BCUT2D eigenvalue weighted by atomic mass is 10.1. The Balaban J connectivity index is 1.92. The number of anilines is 1. The van der Waals surface area contributed by atoms with Crippen LogP contribution in [0.2, 0.25) is 0 Å². The van der Waals surface area contributed by atoms with Gasteiger partial charge in [0, 0.05) is 18.7 Å². The van der Waals surface area contributed by atoms with Gasteiger partial charge < -0.3 is 10.4 Å². The van der Waals surface area contributed by atoms with E-state index < -0.39 is 10.0 Å². The second-order valence-corrected chi connectivity index (χ2v) is 6.25. The second kappa shape index (κ2) is 6.59. The molecule has 0 saturated heterocycles. The monoisotopic (exact) mass is 320 g/mol. The standard InChI is InChI=1S/C15H16N2O4S/c16-22(20,21)12-7-5-11(6-8-12)17-10-9-15(19)13-3-1-2-4-14(13)18/h1-8,17-18H,9-10H2,(H2,16,20,21). The predicted octanol–water partition coefficient (Wildman–Crippen LogP) is 1.72. The molecule has 0 aromatic heterocycles. The van der Waals surface area contributed by atoms with Crippen LogP contribution in [-0.4, -0.2) is 25.9 Å². The van der Waals surface area contributed by atoms with E-state index in [1.165, 1.54) is 18.2 Å². The number of benzene rings is 2. The van der Waals surface area contributed by atoms with E-state index >= 15 is 0 Å². The maximum atomic E-state index is 11.9. The number of phenols is 1. The van der Waals surface area contributed by atoms with Crippen LogP contribution in [-0.2, 0) is 10.0 Å². The largest absolute Gasteiger partial charge is 0.507 e. The van der Waals surface area contributed by atoms with Crippen LogP contribution in [0.4, 0.5) is 5.69 Å². The zero-order chi connectivity index (χ0) is 16.2. The topological polar surface area (TPSA) is 109 Å². The number of phenolic OH excluding ortho intramolecular Hbond substituents is 1. The molecule has 22 heavy (non-hydrogen) atoms. The van der Waals surface area contributed by atoms with Crippen LogP contribution in [0.25, 0.3) is 0 Å². The first-order chi connectivity index (χ1) is 10.4. The number of sulfonamides is 1. The van der Waals surface area contributed by atoms with E-state index in [1.54, 1.807) is 30.3 Å². The van der Waals surface area contributed by atoms with E-state index in [4.69, 9.17) is 5.14 Å². The van der Waals surface area contributed by atoms with Crippen LogP contribution in [0.5, 0.6) is 5.75 Å². The Morgan fingerprint density at radius 3 is 2.32 bits per heavy atom. The number of nitrogens with two attached hydrogens (primary N) is 1. The van der Waals surface area contributed by atoms with Gasteiger partial charge in [0.15, 0.2) is 5.78 Å². The SMILES string of the molecule is NS(=O)(=O)c1ccc(NCCC(=O)c2ccccc2O)cc1. The summed E-state index contributed by atoms with van der Waals surface area (Å²) in [4.78, 5) is 12.0.